The molecule has 1 heterocycles. The van der Waals surface area contributed by atoms with E-state index in [2.05, 4.69) is 6.20 Å². The molecule has 0 spiro atoms. The summed E-state index contributed by atoms with van der Waals surface area (Å²) in [6.45, 7) is 0. The third kappa shape index (κ3) is 1.21. The Morgan fingerprint density at radius 3 is 3.17 bits per heavy atom. The third-order valence-electron chi connectivity index (χ3n) is 2.01. The molecule has 1 aromatic carbocycles. The number of benzene rings is 1. The smallest absolute Gasteiger partial charge is 0.0609 e. The Morgan fingerprint density at radius 2 is 2.33 bits per heavy atom. The standard InChI is InChI=1S/C10H9ClN/c1-12-6-2-3-8-7-9(11)4-5-10(8)12/h2,4-5,7H,3H2,1H3. The Morgan fingerprint density at radius 1 is 1.50 bits per heavy atom. The fourth-order valence-electron chi connectivity index (χ4n) is 1.41. The number of halogens is 1. The van der Waals surface area contributed by atoms with Gasteiger partial charge < -0.3 is 4.90 Å². The molecule has 0 saturated heterocycles. The highest BCUT2D eigenvalue weighted by Crippen LogP contribution is 2.26. The van der Waals surface area contributed by atoms with Crippen molar-refractivity contribution in [3.05, 3.63) is 41.1 Å². The number of fused-ring (bicyclic) bond motifs is 1. The molecule has 2 heteroatoms. The number of rotatable bonds is 0. The molecule has 1 nitrogen and oxygen atoms in total. The van der Waals surface area contributed by atoms with E-state index in [1.165, 1.54) is 11.3 Å². The number of hydrogen-bond donors (Lipinski definition) is 0. The van der Waals surface area contributed by atoms with Gasteiger partial charge in [-0.2, -0.15) is 0 Å². The SMILES string of the molecule is CN1[C]=CCc2cc(Cl)ccc21. The van der Waals surface area contributed by atoms with Crippen molar-refractivity contribution < 1.29 is 0 Å². The van der Waals surface area contributed by atoms with E-state index in [1.807, 2.05) is 36.2 Å². The number of allylic oxidation sites excluding steroid dienone is 1. The predicted molar refractivity (Wildman–Crippen MR) is 51.4 cm³/mol. The Labute approximate surface area is 77.3 Å². The first-order valence-corrected chi connectivity index (χ1v) is 4.25. The van der Waals surface area contributed by atoms with Crippen LogP contribution in [-0.2, 0) is 6.42 Å². The maximum absolute atomic E-state index is 5.87. The minimum absolute atomic E-state index is 0.803. The van der Waals surface area contributed by atoms with Gasteiger partial charge in [0, 0.05) is 17.8 Å². The van der Waals surface area contributed by atoms with Crippen molar-refractivity contribution in [2.24, 2.45) is 0 Å². The van der Waals surface area contributed by atoms with Gasteiger partial charge in [0.15, 0.2) is 0 Å². The van der Waals surface area contributed by atoms with E-state index < -0.39 is 0 Å². The summed E-state index contributed by atoms with van der Waals surface area (Å²) in [6.07, 6.45) is 6.07. The average Bonchev–Trinajstić information content (AvgIpc) is 2.04. The average molecular weight is 179 g/mol. The summed E-state index contributed by atoms with van der Waals surface area (Å²) >= 11 is 5.87. The van der Waals surface area contributed by atoms with Gasteiger partial charge >= 0.3 is 0 Å². The Hall–Kier alpha value is -0.950. The first-order chi connectivity index (χ1) is 5.77. The second-order valence-electron chi connectivity index (χ2n) is 2.87. The van der Waals surface area contributed by atoms with Gasteiger partial charge in [-0.1, -0.05) is 17.7 Å². The van der Waals surface area contributed by atoms with E-state index in [0.29, 0.717) is 0 Å². The van der Waals surface area contributed by atoms with Crippen LogP contribution < -0.4 is 4.90 Å². The molecule has 61 valence electrons. The molecule has 0 aliphatic carbocycles. The van der Waals surface area contributed by atoms with Crippen molar-refractivity contribution in [3.8, 4) is 0 Å². The van der Waals surface area contributed by atoms with Gasteiger partial charge in [0.05, 0.1) is 6.20 Å². The molecule has 1 aliphatic rings. The highest BCUT2D eigenvalue weighted by molar-refractivity contribution is 6.30. The molecule has 0 fully saturated rings. The van der Waals surface area contributed by atoms with Crippen LogP contribution in [0.25, 0.3) is 0 Å². The van der Waals surface area contributed by atoms with Crippen LogP contribution in [0.3, 0.4) is 0 Å². The highest BCUT2D eigenvalue weighted by atomic mass is 35.5. The van der Waals surface area contributed by atoms with Gasteiger partial charge in [0.2, 0.25) is 0 Å². The fourth-order valence-corrected chi connectivity index (χ4v) is 1.60. The molecule has 1 aliphatic heterocycles. The lowest BCUT2D eigenvalue weighted by molar-refractivity contribution is 1.06. The topological polar surface area (TPSA) is 3.24 Å². The molecule has 2 rings (SSSR count). The summed E-state index contributed by atoms with van der Waals surface area (Å²) in [7, 11) is 1.99. The molecule has 12 heavy (non-hydrogen) atoms. The second-order valence-corrected chi connectivity index (χ2v) is 3.31. The van der Waals surface area contributed by atoms with Gasteiger partial charge in [0.1, 0.15) is 0 Å². The van der Waals surface area contributed by atoms with Crippen LogP contribution in [0.1, 0.15) is 5.56 Å². The van der Waals surface area contributed by atoms with Crippen LogP contribution in [0.5, 0.6) is 0 Å². The normalized spacial score (nSPS) is 14.7. The molecule has 0 N–H and O–H groups in total. The van der Waals surface area contributed by atoms with Crippen LogP contribution in [0, 0.1) is 6.20 Å². The number of nitrogens with zero attached hydrogens (tertiary/aromatic N) is 1. The first kappa shape index (κ1) is 7.69. The maximum Gasteiger partial charge on any atom is 0.0609 e. The van der Waals surface area contributed by atoms with Gasteiger partial charge in [-0.25, -0.2) is 0 Å². The summed E-state index contributed by atoms with van der Waals surface area (Å²) in [4.78, 5) is 1.98. The summed E-state index contributed by atoms with van der Waals surface area (Å²) in [6, 6.07) is 5.94. The van der Waals surface area contributed by atoms with E-state index in [0.717, 1.165) is 11.4 Å². The van der Waals surface area contributed by atoms with E-state index in [1.54, 1.807) is 0 Å². The van der Waals surface area contributed by atoms with Gasteiger partial charge in [0.25, 0.3) is 0 Å². The zero-order valence-corrected chi connectivity index (χ0v) is 7.60. The van der Waals surface area contributed by atoms with Crippen molar-refractivity contribution in [3.63, 3.8) is 0 Å². The monoisotopic (exact) mass is 178 g/mol. The lowest BCUT2D eigenvalue weighted by atomic mass is 10.1. The lowest BCUT2D eigenvalue weighted by Crippen LogP contribution is -2.14. The molecule has 0 amide bonds. The fraction of sp³-hybridized carbons (Fsp3) is 0.200. The van der Waals surface area contributed by atoms with E-state index >= 15 is 0 Å². The molecule has 0 bridgehead atoms. The molecule has 0 aromatic heterocycles. The predicted octanol–water partition coefficient (Wildman–Crippen LogP) is 2.65. The largest absolute Gasteiger partial charge is 0.343 e. The zero-order valence-electron chi connectivity index (χ0n) is 6.84. The molecule has 1 radical (unpaired) electrons. The number of hydrogen-bond acceptors (Lipinski definition) is 1. The van der Waals surface area contributed by atoms with Crippen LogP contribution in [0.4, 0.5) is 5.69 Å². The van der Waals surface area contributed by atoms with E-state index in [9.17, 15) is 0 Å². The maximum atomic E-state index is 5.87. The zero-order chi connectivity index (χ0) is 8.55. The van der Waals surface area contributed by atoms with Crippen LogP contribution >= 0.6 is 11.6 Å². The molecule has 0 unspecified atom stereocenters. The van der Waals surface area contributed by atoms with Crippen LogP contribution in [-0.4, -0.2) is 7.05 Å². The molecular weight excluding hydrogens is 170 g/mol. The summed E-state index contributed by atoms with van der Waals surface area (Å²) in [5, 5.41) is 0.803. The minimum Gasteiger partial charge on any atom is -0.343 e. The first-order valence-electron chi connectivity index (χ1n) is 3.87. The second kappa shape index (κ2) is 2.83. The summed E-state index contributed by atoms with van der Waals surface area (Å²) < 4.78 is 0. The van der Waals surface area contributed by atoms with Gasteiger partial charge in [-0.3, -0.25) is 0 Å². The van der Waals surface area contributed by atoms with E-state index in [4.69, 9.17) is 11.6 Å². The van der Waals surface area contributed by atoms with Crippen molar-refractivity contribution in [1.82, 2.24) is 0 Å². The van der Waals surface area contributed by atoms with Crippen molar-refractivity contribution in [2.45, 2.75) is 6.42 Å². The molecule has 0 saturated carbocycles. The lowest BCUT2D eigenvalue weighted by Gasteiger charge is -2.21. The molecule has 1 aromatic rings. The quantitative estimate of drug-likeness (QED) is 0.591. The Bertz CT molecular complexity index is 331. The van der Waals surface area contributed by atoms with E-state index in [-0.39, 0.29) is 0 Å². The summed E-state index contributed by atoms with van der Waals surface area (Å²) in [5.41, 5.74) is 2.46. The third-order valence-corrected chi connectivity index (χ3v) is 2.24. The van der Waals surface area contributed by atoms with Crippen molar-refractivity contribution in [1.29, 1.82) is 0 Å². The van der Waals surface area contributed by atoms with Crippen molar-refractivity contribution >= 4 is 17.3 Å². The Balaban J connectivity index is 2.51. The number of anilines is 1. The Kier molecular flexibility index (Phi) is 1.81. The van der Waals surface area contributed by atoms with Crippen LogP contribution in [0.15, 0.2) is 24.3 Å². The molecular formula is C10H9ClN. The van der Waals surface area contributed by atoms with Gasteiger partial charge in [-0.05, 0) is 30.2 Å². The van der Waals surface area contributed by atoms with Crippen LogP contribution in [0.2, 0.25) is 5.02 Å². The highest BCUT2D eigenvalue weighted by Gasteiger charge is 2.08. The van der Waals surface area contributed by atoms with Gasteiger partial charge in [-0.15, -0.1) is 0 Å². The van der Waals surface area contributed by atoms with Crippen molar-refractivity contribution in [2.75, 3.05) is 11.9 Å². The molecule has 0 atom stereocenters. The summed E-state index contributed by atoms with van der Waals surface area (Å²) in [5.74, 6) is 0. The minimum atomic E-state index is 0.803.